The molecule has 2 rings (SSSR count). The zero-order chi connectivity index (χ0) is 12.3. The van der Waals surface area contributed by atoms with Gasteiger partial charge >= 0.3 is 0 Å². The van der Waals surface area contributed by atoms with Crippen molar-refractivity contribution in [2.45, 2.75) is 24.3 Å². The number of thiol groups is 1. The number of carbonyl (C=O) groups excluding carboxylic acids is 1. The van der Waals surface area contributed by atoms with Gasteiger partial charge in [-0.25, -0.2) is 0 Å². The van der Waals surface area contributed by atoms with Crippen LogP contribution in [0, 0.1) is 0 Å². The summed E-state index contributed by atoms with van der Waals surface area (Å²) in [5, 5.41) is 4.77. The minimum absolute atomic E-state index is 0.0408. The van der Waals surface area contributed by atoms with Gasteiger partial charge in [0.1, 0.15) is 5.76 Å². The molecule has 1 atom stereocenters. The lowest BCUT2D eigenvalue weighted by Gasteiger charge is -2.11. The Morgan fingerprint density at radius 2 is 2.47 bits per heavy atom. The second-order valence-electron chi connectivity index (χ2n) is 3.83. The molecule has 0 spiro atoms. The van der Waals surface area contributed by atoms with Crippen molar-refractivity contribution in [1.29, 1.82) is 0 Å². The molecule has 0 aliphatic rings. The lowest BCUT2D eigenvalue weighted by molar-refractivity contribution is 0.0943. The fourth-order valence-corrected chi connectivity index (χ4v) is 2.57. The number of carbonyl (C=O) groups is 1. The van der Waals surface area contributed by atoms with Crippen molar-refractivity contribution in [1.82, 2.24) is 5.32 Å². The summed E-state index contributed by atoms with van der Waals surface area (Å²) in [4.78, 5) is 13.3. The summed E-state index contributed by atoms with van der Waals surface area (Å²) < 4.78 is 5.23. The predicted molar refractivity (Wildman–Crippen MR) is 70.9 cm³/mol. The first kappa shape index (κ1) is 12.3. The Morgan fingerprint density at radius 1 is 1.65 bits per heavy atom. The number of hydrogen-bond acceptors (Lipinski definition) is 4. The van der Waals surface area contributed by atoms with Crippen molar-refractivity contribution in [2.24, 2.45) is 0 Å². The summed E-state index contributed by atoms with van der Waals surface area (Å²) in [6, 6.07) is 5.55. The van der Waals surface area contributed by atoms with Crippen LogP contribution in [0.5, 0.6) is 0 Å². The highest BCUT2D eigenvalue weighted by Crippen LogP contribution is 2.17. The fourth-order valence-electron chi connectivity index (χ4n) is 1.52. The Kier molecular flexibility index (Phi) is 3.91. The highest BCUT2D eigenvalue weighted by atomic mass is 32.1. The maximum atomic E-state index is 11.8. The molecule has 1 amide bonds. The van der Waals surface area contributed by atoms with E-state index in [0.717, 1.165) is 10.7 Å². The first-order chi connectivity index (χ1) is 8.15. The van der Waals surface area contributed by atoms with E-state index in [1.54, 1.807) is 12.3 Å². The molecule has 1 N–H and O–H groups in total. The highest BCUT2D eigenvalue weighted by Gasteiger charge is 2.12. The van der Waals surface area contributed by atoms with E-state index in [9.17, 15) is 4.79 Å². The van der Waals surface area contributed by atoms with Crippen LogP contribution in [-0.4, -0.2) is 11.9 Å². The maximum Gasteiger partial charge on any atom is 0.261 e. The van der Waals surface area contributed by atoms with Gasteiger partial charge in [-0.05, 0) is 25.1 Å². The van der Waals surface area contributed by atoms with Crippen LogP contribution in [0.3, 0.4) is 0 Å². The monoisotopic (exact) mass is 267 g/mol. The summed E-state index contributed by atoms with van der Waals surface area (Å²) in [7, 11) is 0. The van der Waals surface area contributed by atoms with Crippen LogP contribution < -0.4 is 5.32 Å². The van der Waals surface area contributed by atoms with Gasteiger partial charge in [0.2, 0.25) is 0 Å². The van der Waals surface area contributed by atoms with Crippen LogP contribution in [0.1, 0.15) is 22.4 Å². The smallest absolute Gasteiger partial charge is 0.261 e. The van der Waals surface area contributed by atoms with Gasteiger partial charge in [0.05, 0.1) is 11.1 Å². The van der Waals surface area contributed by atoms with E-state index in [-0.39, 0.29) is 11.9 Å². The number of furan rings is 1. The Hall–Kier alpha value is -1.20. The SMILES string of the molecule is CC(Cc1ccco1)NC(=O)c1cc(S)cs1. The van der Waals surface area contributed by atoms with Gasteiger partial charge in [-0.1, -0.05) is 0 Å². The largest absolute Gasteiger partial charge is 0.469 e. The van der Waals surface area contributed by atoms with Crippen molar-refractivity contribution in [3.63, 3.8) is 0 Å². The molecule has 90 valence electrons. The van der Waals surface area contributed by atoms with E-state index < -0.39 is 0 Å². The first-order valence-corrected chi connectivity index (χ1v) is 6.58. The van der Waals surface area contributed by atoms with Gasteiger partial charge < -0.3 is 9.73 Å². The Balaban J connectivity index is 1.90. The topological polar surface area (TPSA) is 42.2 Å². The standard InChI is InChI=1S/C12H13NO2S2/c1-8(5-9-3-2-4-15-9)13-12(14)11-6-10(16)7-17-11/h2-4,6-8,16H,5H2,1H3,(H,13,14). The van der Waals surface area contributed by atoms with Crippen molar-refractivity contribution in [3.05, 3.63) is 40.5 Å². The average Bonchev–Trinajstić information content (AvgIpc) is 2.89. The zero-order valence-electron chi connectivity index (χ0n) is 9.34. The molecule has 2 aromatic rings. The third kappa shape index (κ3) is 3.38. The van der Waals surface area contributed by atoms with E-state index in [0.29, 0.717) is 11.3 Å². The lowest BCUT2D eigenvalue weighted by atomic mass is 10.2. The summed E-state index contributed by atoms with van der Waals surface area (Å²) >= 11 is 5.57. The predicted octanol–water partition coefficient (Wildman–Crippen LogP) is 2.99. The molecule has 17 heavy (non-hydrogen) atoms. The van der Waals surface area contributed by atoms with Crippen LogP contribution in [0.15, 0.2) is 39.2 Å². The summed E-state index contributed by atoms with van der Waals surface area (Å²) in [5.41, 5.74) is 0. The van der Waals surface area contributed by atoms with Crippen LogP contribution in [-0.2, 0) is 6.42 Å². The molecule has 3 nitrogen and oxygen atoms in total. The molecule has 0 aliphatic heterocycles. The average molecular weight is 267 g/mol. The van der Waals surface area contributed by atoms with E-state index in [1.165, 1.54) is 11.3 Å². The Morgan fingerprint density at radius 3 is 3.06 bits per heavy atom. The van der Waals surface area contributed by atoms with Crippen molar-refractivity contribution in [3.8, 4) is 0 Å². The van der Waals surface area contributed by atoms with Crippen LogP contribution in [0.2, 0.25) is 0 Å². The number of amides is 1. The molecule has 0 radical (unpaired) electrons. The summed E-state index contributed by atoms with van der Waals surface area (Å²) in [6.07, 6.45) is 2.33. The summed E-state index contributed by atoms with van der Waals surface area (Å²) in [6.45, 7) is 1.95. The van der Waals surface area contributed by atoms with Crippen LogP contribution in [0.4, 0.5) is 0 Å². The molecular formula is C12H13NO2S2. The molecule has 2 heterocycles. The Bertz CT molecular complexity index is 490. The van der Waals surface area contributed by atoms with E-state index in [1.807, 2.05) is 24.4 Å². The molecule has 0 fully saturated rings. The molecule has 1 unspecified atom stereocenters. The maximum absolute atomic E-state index is 11.8. The molecule has 2 aromatic heterocycles. The number of nitrogens with one attached hydrogen (secondary N) is 1. The van der Waals surface area contributed by atoms with Gasteiger partial charge in [0, 0.05) is 22.7 Å². The molecule has 0 saturated carbocycles. The van der Waals surface area contributed by atoms with Gasteiger partial charge in [0.25, 0.3) is 5.91 Å². The highest BCUT2D eigenvalue weighted by molar-refractivity contribution is 7.80. The molecule has 0 bridgehead atoms. The molecule has 5 heteroatoms. The van der Waals surface area contributed by atoms with E-state index >= 15 is 0 Å². The molecular weight excluding hydrogens is 254 g/mol. The van der Waals surface area contributed by atoms with Crippen molar-refractivity contribution >= 4 is 29.9 Å². The Labute approximate surface area is 109 Å². The van der Waals surface area contributed by atoms with E-state index in [2.05, 4.69) is 17.9 Å². The van der Waals surface area contributed by atoms with Crippen molar-refractivity contribution in [2.75, 3.05) is 0 Å². The molecule has 0 aliphatic carbocycles. The van der Waals surface area contributed by atoms with Gasteiger partial charge in [-0.3, -0.25) is 4.79 Å². The molecule has 0 saturated heterocycles. The van der Waals surface area contributed by atoms with Crippen LogP contribution in [0.25, 0.3) is 0 Å². The minimum Gasteiger partial charge on any atom is -0.469 e. The van der Waals surface area contributed by atoms with Gasteiger partial charge in [-0.2, -0.15) is 0 Å². The molecule has 0 aromatic carbocycles. The number of rotatable bonds is 4. The zero-order valence-corrected chi connectivity index (χ0v) is 11.1. The first-order valence-electron chi connectivity index (χ1n) is 5.26. The van der Waals surface area contributed by atoms with Gasteiger partial charge in [-0.15, -0.1) is 24.0 Å². The quantitative estimate of drug-likeness (QED) is 0.836. The van der Waals surface area contributed by atoms with Crippen LogP contribution >= 0.6 is 24.0 Å². The lowest BCUT2D eigenvalue weighted by Crippen LogP contribution is -2.33. The third-order valence-corrected chi connectivity index (χ3v) is 3.64. The third-order valence-electron chi connectivity index (χ3n) is 2.27. The number of thiophene rings is 1. The second-order valence-corrected chi connectivity index (χ2v) is 5.25. The fraction of sp³-hybridized carbons (Fsp3) is 0.250. The van der Waals surface area contributed by atoms with Crippen molar-refractivity contribution < 1.29 is 9.21 Å². The normalized spacial score (nSPS) is 12.4. The summed E-state index contributed by atoms with van der Waals surface area (Å²) in [5.74, 6) is 0.813. The second kappa shape index (κ2) is 5.42. The minimum atomic E-state index is -0.0608. The number of hydrogen-bond donors (Lipinski definition) is 2. The van der Waals surface area contributed by atoms with E-state index in [4.69, 9.17) is 4.42 Å². The van der Waals surface area contributed by atoms with Gasteiger partial charge in [0.15, 0.2) is 0 Å².